The smallest absolute Gasteiger partial charge is 0.252 e. The zero-order chi connectivity index (χ0) is 16.3. The van der Waals surface area contributed by atoms with Crippen molar-refractivity contribution in [2.24, 2.45) is 5.73 Å². The third-order valence-electron chi connectivity index (χ3n) is 3.15. The van der Waals surface area contributed by atoms with Gasteiger partial charge in [-0.3, -0.25) is 4.79 Å². The molecule has 0 aliphatic carbocycles. The molecule has 1 aromatic rings. The van der Waals surface area contributed by atoms with Crippen molar-refractivity contribution in [1.82, 2.24) is 4.72 Å². The molecule has 0 aliphatic rings. The number of benzene rings is 1. The largest absolute Gasteiger partial charge is 0.496 e. The fraction of sp³-hybridized carbons (Fsp3) is 0.462. The van der Waals surface area contributed by atoms with Gasteiger partial charge in [-0.15, -0.1) is 0 Å². The van der Waals surface area contributed by atoms with Gasteiger partial charge in [-0.2, -0.15) is 0 Å². The average molecular weight is 316 g/mol. The summed E-state index contributed by atoms with van der Waals surface area (Å²) in [4.78, 5) is 11.2. The summed E-state index contributed by atoms with van der Waals surface area (Å²) in [7, 11) is -2.50. The van der Waals surface area contributed by atoms with Crippen molar-refractivity contribution < 1.29 is 23.1 Å². The first kappa shape index (κ1) is 17.4. The topological polar surface area (TPSA) is 119 Å². The van der Waals surface area contributed by atoms with Gasteiger partial charge in [0.15, 0.2) is 0 Å². The number of hydrogen-bond acceptors (Lipinski definition) is 5. The number of sulfonamides is 1. The van der Waals surface area contributed by atoms with Crippen LogP contribution in [0.1, 0.15) is 30.6 Å². The molecule has 0 aromatic heterocycles. The zero-order valence-electron chi connectivity index (χ0n) is 12.2. The maximum absolute atomic E-state index is 12.2. The Bertz CT molecular complexity index is 625. The molecule has 1 aromatic carbocycles. The van der Waals surface area contributed by atoms with Crippen LogP contribution in [0.2, 0.25) is 0 Å². The van der Waals surface area contributed by atoms with E-state index < -0.39 is 21.5 Å². The van der Waals surface area contributed by atoms with E-state index in [1.54, 1.807) is 6.92 Å². The highest BCUT2D eigenvalue weighted by Crippen LogP contribution is 2.22. The van der Waals surface area contributed by atoms with E-state index in [4.69, 9.17) is 10.5 Å². The quantitative estimate of drug-likeness (QED) is 0.665. The molecule has 1 unspecified atom stereocenters. The fourth-order valence-electron chi connectivity index (χ4n) is 1.51. The zero-order valence-corrected chi connectivity index (χ0v) is 13.0. The third kappa shape index (κ3) is 4.42. The Morgan fingerprint density at radius 1 is 1.48 bits per heavy atom. The van der Waals surface area contributed by atoms with Crippen LogP contribution in [0.15, 0.2) is 23.1 Å². The second-order valence-corrected chi connectivity index (χ2v) is 6.67. The van der Waals surface area contributed by atoms with E-state index >= 15 is 0 Å². The number of aliphatic hydroxyl groups is 1. The number of nitrogens with two attached hydrogens (primary N) is 1. The Balaban J connectivity index is 3.09. The molecule has 1 atom stereocenters. The molecule has 118 valence electrons. The van der Waals surface area contributed by atoms with Crippen LogP contribution in [-0.2, 0) is 10.0 Å². The minimum absolute atomic E-state index is 0.0253. The molecule has 0 saturated heterocycles. The van der Waals surface area contributed by atoms with Gasteiger partial charge in [0, 0.05) is 6.54 Å². The molecule has 0 spiro atoms. The number of ether oxygens (including phenoxy) is 1. The summed E-state index contributed by atoms with van der Waals surface area (Å²) in [6.45, 7) is 3.13. The van der Waals surface area contributed by atoms with Gasteiger partial charge in [0.05, 0.1) is 23.2 Å². The molecule has 21 heavy (non-hydrogen) atoms. The molecule has 0 bridgehead atoms. The summed E-state index contributed by atoms with van der Waals surface area (Å²) in [5.41, 5.74) is 4.02. The monoisotopic (exact) mass is 316 g/mol. The molecule has 0 radical (unpaired) electrons. The average Bonchev–Trinajstić information content (AvgIpc) is 2.44. The van der Waals surface area contributed by atoms with Crippen molar-refractivity contribution in [3.8, 4) is 5.75 Å². The highest BCUT2D eigenvalue weighted by Gasteiger charge is 2.23. The van der Waals surface area contributed by atoms with Gasteiger partial charge in [0.1, 0.15) is 5.75 Å². The molecular weight excluding hydrogens is 296 g/mol. The molecule has 8 heteroatoms. The second kappa shape index (κ2) is 6.42. The summed E-state index contributed by atoms with van der Waals surface area (Å²) < 4.78 is 31.6. The first-order valence-corrected chi connectivity index (χ1v) is 7.81. The van der Waals surface area contributed by atoms with Gasteiger partial charge in [0.2, 0.25) is 10.0 Å². The predicted molar refractivity (Wildman–Crippen MR) is 77.6 cm³/mol. The number of hydrogen-bond donors (Lipinski definition) is 3. The van der Waals surface area contributed by atoms with E-state index in [-0.39, 0.29) is 22.8 Å². The Labute approximate surface area is 124 Å². The van der Waals surface area contributed by atoms with E-state index in [0.29, 0.717) is 6.42 Å². The van der Waals surface area contributed by atoms with Crippen LogP contribution in [0.5, 0.6) is 5.75 Å². The molecule has 4 N–H and O–H groups in total. The number of rotatable bonds is 7. The van der Waals surface area contributed by atoms with Crippen LogP contribution in [-0.4, -0.2) is 38.7 Å². The second-order valence-electron chi connectivity index (χ2n) is 4.90. The van der Waals surface area contributed by atoms with Crippen LogP contribution in [0.25, 0.3) is 0 Å². The van der Waals surface area contributed by atoms with Crippen LogP contribution in [0, 0.1) is 0 Å². The van der Waals surface area contributed by atoms with Crippen LogP contribution in [0.4, 0.5) is 0 Å². The standard InChI is InChI=1S/C13H20N2O5S/c1-4-13(2,17)8-15-21(18,19)9-5-6-11(20-3)10(7-9)12(14)16/h5-7,15,17H,4,8H2,1-3H3,(H2,14,16). The van der Waals surface area contributed by atoms with E-state index in [9.17, 15) is 18.3 Å². The van der Waals surface area contributed by atoms with E-state index in [2.05, 4.69) is 4.72 Å². The number of methoxy groups -OCH3 is 1. The molecule has 0 aliphatic heterocycles. The number of amides is 1. The lowest BCUT2D eigenvalue weighted by Gasteiger charge is -2.21. The number of nitrogens with one attached hydrogen (secondary N) is 1. The molecule has 0 heterocycles. The lowest BCUT2D eigenvalue weighted by molar-refractivity contribution is 0.0613. The maximum atomic E-state index is 12.2. The first-order chi connectivity index (χ1) is 9.63. The lowest BCUT2D eigenvalue weighted by atomic mass is 10.1. The summed E-state index contributed by atoms with van der Waals surface area (Å²) in [5.74, 6) is -0.591. The van der Waals surface area contributed by atoms with E-state index in [0.717, 1.165) is 6.07 Å². The Hall–Kier alpha value is -1.64. The van der Waals surface area contributed by atoms with Crippen molar-refractivity contribution in [3.05, 3.63) is 23.8 Å². The van der Waals surface area contributed by atoms with Gasteiger partial charge in [-0.25, -0.2) is 13.1 Å². The normalized spacial score (nSPS) is 14.5. The predicted octanol–water partition coefficient (Wildman–Crippen LogP) is 0.233. The SMILES string of the molecule is CCC(C)(O)CNS(=O)(=O)c1ccc(OC)c(C(N)=O)c1. The fourth-order valence-corrected chi connectivity index (χ4v) is 2.69. The third-order valence-corrected chi connectivity index (χ3v) is 4.55. The van der Waals surface area contributed by atoms with Crippen LogP contribution >= 0.6 is 0 Å². The van der Waals surface area contributed by atoms with Gasteiger partial charge in [-0.05, 0) is 31.5 Å². The van der Waals surface area contributed by atoms with Crippen molar-refractivity contribution in [2.45, 2.75) is 30.8 Å². The number of carbonyl (C=O) groups excluding carboxylic acids is 1. The minimum Gasteiger partial charge on any atom is -0.496 e. The summed E-state index contributed by atoms with van der Waals surface area (Å²) in [5, 5.41) is 9.84. The van der Waals surface area contributed by atoms with Crippen molar-refractivity contribution in [1.29, 1.82) is 0 Å². The number of carbonyl (C=O) groups is 1. The molecule has 0 saturated carbocycles. The van der Waals surface area contributed by atoms with Crippen molar-refractivity contribution >= 4 is 15.9 Å². The Morgan fingerprint density at radius 3 is 2.57 bits per heavy atom. The lowest BCUT2D eigenvalue weighted by Crippen LogP contribution is -2.40. The molecule has 1 rings (SSSR count). The van der Waals surface area contributed by atoms with E-state index in [1.807, 2.05) is 0 Å². The molecular formula is C13H20N2O5S. The van der Waals surface area contributed by atoms with Crippen LogP contribution in [0.3, 0.4) is 0 Å². The van der Waals surface area contributed by atoms with E-state index in [1.165, 1.54) is 26.2 Å². The highest BCUT2D eigenvalue weighted by atomic mass is 32.2. The highest BCUT2D eigenvalue weighted by molar-refractivity contribution is 7.89. The van der Waals surface area contributed by atoms with Gasteiger partial charge in [-0.1, -0.05) is 6.92 Å². The minimum atomic E-state index is -3.86. The molecule has 1 amide bonds. The van der Waals surface area contributed by atoms with Crippen LogP contribution < -0.4 is 15.2 Å². The van der Waals surface area contributed by atoms with Crippen molar-refractivity contribution in [3.63, 3.8) is 0 Å². The van der Waals surface area contributed by atoms with Gasteiger partial charge < -0.3 is 15.6 Å². The first-order valence-electron chi connectivity index (χ1n) is 6.33. The summed E-state index contributed by atoms with van der Waals surface area (Å²) in [6, 6.07) is 3.80. The Morgan fingerprint density at radius 2 is 2.10 bits per heavy atom. The van der Waals surface area contributed by atoms with Gasteiger partial charge in [0.25, 0.3) is 5.91 Å². The number of primary amides is 1. The summed E-state index contributed by atoms with van der Waals surface area (Å²) in [6.07, 6.45) is 0.394. The van der Waals surface area contributed by atoms with Gasteiger partial charge >= 0.3 is 0 Å². The maximum Gasteiger partial charge on any atom is 0.252 e. The Kier molecular flexibility index (Phi) is 5.32. The molecule has 7 nitrogen and oxygen atoms in total. The summed E-state index contributed by atoms with van der Waals surface area (Å²) >= 11 is 0. The van der Waals surface area contributed by atoms with Crippen molar-refractivity contribution in [2.75, 3.05) is 13.7 Å². The molecule has 0 fully saturated rings.